The molecule has 0 fully saturated rings. The first-order valence-corrected chi connectivity index (χ1v) is 4.64. The zero-order chi connectivity index (χ0) is 11.7. The predicted molar refractivity (Wildman–Crippen MR) is 56.4 cm³/mol. The summed E-state index contributed by atoms with van der Waals surface area (Å²) in [5.74, 6) is 0. The largest absolute Gasteiger partial charge is 0.465 e. The normalized spacial score (nSPS) is 10.7. The predicted octanol–water partition coefficient (Wildman–Crippen LogP) is 1.17. The van der Waals surface area contributed by atoms with Crippen LogP contribution in [0.3, 0.4) is 0 Å². The Kier molecular flexibility index (Phi) is 2.88. The molecule has 84 valence electrons. The van der Waals surface area contributed by atoms with Crippen molar-refractivity contribution in [2.45, 2.75) is 26.8 Å². The van der Waals surface area contributed by atoms with Gasteiger partial charge in [-0.25, -0.2) is 9.48 Å². The van der Waals surface area contributed by atoms with E-state index >= 15 is 0 Å². The van der Waals surface area contributed by atoms with Crippen LogP contribution in [0.4, 0.5) is 10.5 Å². The van der Waals surface area contributed by atoms with Gasteiger partial charge >= 0.3 is 6.09 Å². The lowest BCUT2D eigenvalue weighted by Crippen LogP contribution is -2.25. The lowest BCUT2D eigenvalue weighted by Gasteiger charge is -2.10. The molecule has 0 saturated heterocycles. The number of amides is 1. The maximum absolute atomic E-state index is 11.8. The topological polar surface area (TPSA) is 76.3 Å². The second-order valence-corrected chi connectivity index (χ2v) is 3.66. The maximum Gasteiger partial charge on any atom is 0.409 e. The van der Waals surface area contributed by atoms with Crippen molar-refractivity contribution in [1.82, 2.24) is 9.36 Å². The Morgan fingerprint density at radius 1 is 1.47 bits per heavy atom. The van der Waals surface area contributed by atoms with Crippen molar-refractivity contribution in [3.63, 3.8) is 0 Å². The second kappa shape index (κ2) is 3.80. The summed E-state index contributed by atoms with van der Waals surface area (Å²) in [5.41, 5.74) is 0.419. The summed E-state index contributed by atoms with van der Waals surface area (Å²) in [4.78, 5) is 22.3. The highest BCUT2D eigenvalue weighted by atomic mass is 16.4. The second-order valence-electron chi connectivity index (χ2n) is 3.66. The molecule has 15 heavy (non-hydrogen) atoms. The molecule has 0 unspecified atom stereocenters. The average Bonchev–Trinajstić information content (AvgIpc) is 2.29. The Hall–Kier alpha value is -1.72. The minimum absolute atomic E-state index is 0.00875. The smallest absolute Gasteiger partial charge is 0.409 e. The summed E-state index contributed by atoms with van der Waals surface area (Å²) in [6.07, 6.45) is -1.23. The molecule has 2 N–H and O–H groups in total. The van der Waals surface area contributed by atoms with Crippen LogP contribution in [0, 0.1) is 6.92 Å². The van der Waals surface area contributed by atoms with E-state index in [2.05, 4.69) is 5.32 Å². The highest BCUT2D eigenvalue weighted by Gasteiger charge is 2.17. The molecule has 6 nitrogen and oxygen atoms in total. The van der Waals surface area contributed by atoms with E-state index in [1.807, 2.05) is 13.8 Å². The van der Waals surface area contributed by atoms with E-state index in [4.69, 9.17) is 5.11 Å². The van der Waals surface area contributed by atoms with Gasteiger partial charge in [0, 0.05) is 13.1 Å². The molecule has 0 aliphatic heterocycles. The van der Waals surface area contributed by atoms with Crippen LogP contribution < -0.4 is 10.9 Å². The molecular weight excluding hydrogens is 198 g/mol. The molecule has 0 aromatic carbocycles. The fourth-order valence-corrected chi connectivity index (χ4v) is 1.56. The van der Waals surface area contributed by atoms with Gasteiger partial charge in [-0.2, -0.15) is 0 Å². The van der Waals surface area contributed by atoms with Gasteiger partial charge in [-0.05, 0) is 20.8 Å². The van der Waals surface area contributed by atoms with Crippen molar-refractivity contribution in [2.24, 2.45) is 7.05 Å². The summed E-state index contributed by atoms with van der Waals surface area (Å²) in [5, 5.41) is 10.7. The van der Waals surface area contributed by atoms with Crippen LogP contribution >= 0.6 is 0 Å². The fraction of sp³-hybridized carbons (Fsp3) is 0.556. The minimum Gasteiger partial charge on any atom is -0.465 e. The third kappa shape index (κ3) is 1.88. The highest BCUT2D eigenvalue weighted by Crippen LogP contribution is 2.12. The molecule has 0 aliphatic carbocycles. The molecule has 0 spiro atoms. The standard InChI is InChI=1S/C9H15N3O3/c1-5(2)12-8(13)7(10-9(14)15)6(3)11(12)4/h5,10H,1-4H3,(H,14,15). The van der Waals surface area contributed by atoms with Crippen LogP contribution in [-0.2, 0) is 7.05 Å². The Bertz CT molecular complexity index is 442. The van der Waals surface area contributed by atoms with Crippen molar-refractivity contribution in [3.05, 3.63) is 16.0 Å². The van der Waals surface area contributed by atoms with Crippen LogP contribution in [-0.4, -0.2) is 20.6 Å². The number of nitrogens with zero attached hydrogens (tertiary/aromatic N) is 2. The van der Waals surface area contributed by atoms with E-state index in [0.29, 0.717) is 5.69 Å². The van der Waals surface area contributed by atoms with Crippen LogP contribution in [0.15, 0.2) is 4.79 Å². The van der Waals surface area contributed by atoms with Crippen LogP contribution in [0.2, 0.25) is 0 Å². The van der Waals surface area contributed by atoms with Crippen molar-refractivity contribution >= 4 is 11.8 Å². The molecular formula is C9H15N3O3. The van der Waals surface area contributed by atoms with E-state index < -0.39 is 6.09 Å². The van der Waals surface area contributed by atoms with E-state index in [1.54, 1.807) is 18.7 Å². The molecule has 1 heterocycles. The lowest BCUT2D eigenvalue weighted by molar-refractivity contribution is 0.209. The third-order valence-electron chi connectivity index (χ3n) is 2.31. The fourth-order valence-electron chi connectivity index (χ4n) is 1.56. The number of aromatic nitrogens is 2. The molecule has 0 bridgehead atoms. The number of carboxylic acid groups (broad SMARTS) is 1. The number of hydrogen-bond acceptors (Lipinski definition) is 2. The SMILES string of the molecule is Cc1c(NC(=O)O)c(=O)n(C(C)C)n1C. The Morgan fingerprint density at radius 3 is 2.33 bits per heavy atom. The van der Waals surface area contributed by atoms with Crippen LogP contribution in [0.1, 0.15) is 25.6 Å². The number of nitrogens with one attached hydrogen (secondary N) is 1. The van der Waals surface area contributed by atoms with Gasteiger partial charge in [0.15, 0.2) is 0 Å². The molecule has 1 aromatic heterocycles. The van der Waals surface area contributed by atoms with Gasteiger partial charge in [-0.15, -0.1) is 0 Å². The Labute approximate surface area is 87.1 Å². The van der Waals surface area contributed by atoms with E-state index in [0.717, 1.165) is 0 Å². The monoisotopic (exact) mass is 213 g/mol. The summed E-state index contributed by atoms with van der Waals surface area (Å²) in [6.45, 7) is 5.43. The molecule has 1 aromatic rings. The van der Waals surface area contributed by atoms with Gasteiger partial charge in [0.25, 0.3) is 5.56 Å². The molecule has 0 atom stereocenters. The highest BCUT2D eigenvalue weighted by molar-refractivity contribution is 5.83. The van der Waals surface area contributed by atoms with E-state index in [-0.39, 0.29) is 17.3 Å². The Morgan fingerprint density at radius 2 is 2.00 bits per heavy atom. The zero-order valence-corrected chi connectivity index (χ0v) is 9.24. The van der Waals surface area contributed by atoms with Crippen molar-refractivity contribution in [2.75, 3.05) is 5.32 Å². The first-order valence-electron chi connectivity index (χ1n) is 4.64. The van der Waals surface area contributed by atoms with E-state index in [9.17, 15) is 9.59 Å². The van der Waals surface area contributed by atoms with E-state index in [1.165, 1.54) is 4.68 Å². The van der Waals surface area contributed by atoms with Crippen LogP contribution in [0.25, 0.3) is 0 Å². The number of anilines is 1. The minimum atomic E-state index is -1.23. The van der Waals surface area contributed by atoms with Gasteiger partial charge in [0.1, 0.15) is 5.69 Å². The molecule has 0 saturated carbocycles. The maximum atomic E-state index is 11.8. The van der Waals surface area contributed by atoms with Gasteiger partial charge < -0.3 is 5.11 Å². The van der Waals surface area contributed by atoms with Gasteiger partial charge in [-0.1, -0.05) is 0 Å². The molecule has 1 amide bonds. The van der Waals surface area contributed by atoms with Crippen molar-refractivity contribution in [3.8, 4) is 0 Å². The van der Waals surface area contributed by atoms with Gasteiger partial charge in [-0.3, -0.25) is 14.8 Å². The average molecular weight is 213 g/mol. The Balaban J connectivity index is 3.36. The molecule has 0 aliphatic rings. The first-order chi connectivity index (χ1) is 6.86. The molecule has 0 radical (unpaired) electrons. The number of hydrogen-bond donors (Lipinski definition) is 2. The van der Waals surface area contributed by atoms with Crippen molar-refractivity contribution in [1.29, 1.82) is 0 Å². The number of rotatable bonds is 2. The summed E-state index contributed by atoms with van der Waals surface area (Å²) in [6, 6.07) is -0.00875. The third-order valence-corrected chi connectivity index (χ3v) is 2.31. The summed E-state index contributed by atoms with van der Waals surface area (Å²) >= 11 is 0. The van der Waals surface area contributed by atoms with Crippen LogP contribution in [0.5, 0.6) is 0 Å². The van der Waals surface area contributed by atoms with Crippen molar-refractivity contribution < 1.29 is 9.90 Å². The summed E-state index contributed by atoms with van der Waals surface area (Å²) < 4.78 is 3.15. The molecule has 1 rings (SSSR count). The summed E-state index contributed by atoms with van der Waals surface area (Å²) in [7, 11) is 1.73. The lowest BCUT2D eigenvalue weighted by atomic mass is 10.4. The number of carbonyl (C=O) groups is 1. The zero-order valence-electron chi connectivity index (χ0n) is 9.24. The first kappa shape index (κ1) is 11.4. The van der Waals surface area contributed by atoms with Gasteiger partial charge in [0.05, 0.1) is 5.69 Å². The molecule has 6 heteroatoms. The quantitative estimate of drug-likeness (QED) is 0.774. The van der Waals surface area contributed by atoms with Gasteiger partial charge in [0.2, 0.25) is 0 Å².